The molecule has 2 aliphatic heterocycles. The molecule has 0 bridgehead atoms. The van der Waals surface area contributed by atoms with Crippen molar-refractivity contribution in [1.82, 2.24) is 4.90 Å². The lowest BCUT2D eigenvalue weighted by Gasteiger charge is -2.18. The third-order valence-electron chi connectivity index (χ3n) is 5.28. The summed E-state index contributed by atoms with van der Waals surface area (Å²) in [7, 11) is -4.08. The molecule has 1 saturated heterocycles. The van der Waals surface area contributed by atoms with Gasteiger partial charge in [0.05, 0.1) is 36.0 Å². The number of hydrogen-bond acceptors (Lipinski definition) is 7. The van der Waals surface area contributed by atoms with Gasteiger partial charge < -0.3 is 14.7 Å². The molecule has 34 heavy (non-hydrogen) atoms. The third-order valence-corrected chi connectivity index (χ3v) is 6.47. The van der Waals surface area contributed by atoms with Crippen molar-refractivity contribution >= 4 is 44.7 Å². The number of carbonyl (C=O) groups excluding carboxylic acids is 1. The van der Waals surface area contributed by atoms with Crippen LogP contribution in [0.3, 0.4) is 0 Å². The number of benzene rings is 2. The summed E-state index contributed by atoms with van der Waals surface area (Å²) in [6.07, 6.45) is 3.48. The maximum Gasteiger partial charge on any atom is 0.334 e. The SMILES string of the molecule is O=C1N(CCO)/C(=C\C=C2/Oc3ccccc3N2CCCS(=O)(=O)O)C(=S)N1c1ccccc1. The van der Waals surface area contributed by atoms with Crippen LogP contribution in [0.15, 0.2) is 78.3 Å². The van der Waals surface area contributed by atoms with Crippen LogP contribution in [0, 0.1) is 0 Å². The first-order chi connectivity index (χ1) is 16.3. The summed E-state index contributed by atoms with van der Waals surface area (Å²) in [6.45, 7) is 0.108. The van der Waals surface area contributed by atoms with E-state index < -0.39 is 10.1 Å². The van der Waals surface area contributed by atoms with Gasteiger partial charge in [-0.2, -0.15) is 8.42 Å². The van der Waals surface area contributed by atoms with Gasteiger partial charge in [-0.1, -0.05) is 42.5 Å². The molecule has 2 aromatic rings. The molecule has 1 fully saturated rings. The molecule has 2 aliphatic rings. The lowest BCUT2D eigenvalue weighted by Crippen LogP contribution is -2.33. The lowest BCUT2D eigenvalue weighted by molar-refractivity contribution is 0.209. The van der Waals surface area contributed by atoms with E-state index in [4.69, 9.17) is 21.5 Å². The number of urea groups is 1. The molecule has 0 atom stereocenters. The Bertz CT molecular complexity index is 1260. The average Bonchev–Trinajstić information content (AvgIpc) is 3.27. The Kier molecular flexibility index (Phi) is 6.98. The minimum absolute atomic E-state index is 0.0659. The van der Waals surface area contributed by atoms with Crippen molar-refractivity contribution < 1.29 is 27.6 Å². The van der Waals surface area contributed by atoms with Gasteiger partial charge in [-0.3, -0.25) is 14.4 Å². The summed E-state index contributed by atoms with van der Waals surface area (Å²) in [6, 6.07) is 15.9. The van der Waals surface area contributed by atoms with Crippen LogP contribution >= 0.6 is 12.2 Å². The minimum atomic E-state index is -4.08. The van der Waals surface area contributed by atoms with Gasteiger partial charge in [0, 0.05) is 12.6 Å². The van der Waals surface area contributed by atoms with Crippen molar-refractivity contribution in [3.8, 4) is 5.75 Å². The predicted molar refractivity (Wildman–Crippen MR) is 132 cm³/mol. The first-order valence-electron chi connectivity index (χ1n) is 10.5. The molecule has 2 heterocycles. The standard InChI is InChI=1S/C23H23N3O6S2/c27-15-14-25-19(22(33)26(23(25)28)17-7-2-1-3-8-17)11-12-21-24(13-6-16-34(29,30)31)18-9-4-5-10-20(18)32-21/h1-5,7-12,27H,6,13-16H2,(H,29,30,31)/b19-11-,21-12-. The largest absolute Gasteiger partial charge is 0.439 e. The fraction of sp³-hybridized carbons (Fsp3) is 0.217. The van der Waals surface area contributed by atoms with E-state index in [0.717, 1.165) is 5.69 Å². The van der Waals surface area contributed by atoms with Gasteiger partial charge >= 0.3 is 6.03 Å². The number of aliphatic hydroxyl groups is 1. The molecule has 2 aromatic carbocycles. The normalized spacial score (nSPS) is 18.2. The number of aliphatic hydroxyl groups excluding tert-OH is 1. The number of nitrogens with zero attached hydrogens (tertiary/aromatic N) is 3. The summed E-state index contributed by atoms with van der Waals surface area (Å²) in [5.74, 6) is 0.637. The molecule has 2 amide bonds. The number of carbonyl (C=O) groups is 1. The maximum atomic E-state index is 13.1. The molecule has 9 nitrogen and oxygen atoms in total. The highest BCUT2D eigenvalue weighted by Gasteiger charge is 2.38. The highest BCUT2D eigenvalue weighted by molar-refractivity contribution is 7.85. The summed E-state index contributed by atoms with van der Waals surface area (Å²) < 4.78 is 37.3. The van der Waals surface area contributed by atoms with Gasteiger partial charge in [-0.25, -0.2) is 4.79 Å². The van der Waals surface area contributed by atoms with E-state index in [1.807, 2.05) is 24.3 Å². The minimum Gasteiger partial charge on any atom is -0.439 e. The third kappa shape index (κ3) is 4.97. The second kappa shape index (κ2) is 9.94. The first-order valence-corrected chi connectivity index (χ1v) is 12.6. The zero-order valence-corrected chi connectivity index (χ0v) is 19.7. The highest BCUT2D eigenvalue weighted by atomic mass is 32.2. The Morgan fingerprint density at radius 2 is 1.68 bits per heavy atom. The zero-order valence-electron chi connectivity index (χ0n) is 18.1. The van der Waals surface area contributed by atoms with E-state index in [0.29, 0.717) is 23.0 Å². The van der Waals surface area contributed by atoms with Crippen molar-refractivity contribution in [1.29, 1.82) is 0 Å². The second-order valence-electron chi connectivity index (χ2n) is 7.55. The molecule has 0 saturated carbocycles. The molecule has 0 aliphatic carbocycles. The number of ether oxygens (including phenoxy) is 1. The van der Waals surface area contributed by atoms with Crippen LogP contribution in [-0.4, -0.2) is 59.4 Å². The Balaban J connectivity index is 1.65. The molecule has 0 aromatic heterocycles. The lowest BCUT2D eigenvalue weighted by atomic mass is 10.2. The van der Waals surface area contributed by atoms with Crippen LogP contribution in [0.2, 0.25) is 0 Å². The summed E-state index contributed by atoms with van der Waals surface area (Å²) in [5, 5.41) is 9.51. The van der Waals surface area contributed by atoms with Crippen LogP contribution in [0.5, 0.6) is 5.75 Å². The highest BCUT2D eigenvalue weighted by Crippen LogP contribution is 2.39. The van der Waals surface area contributed by atoms with Crippen molar-refractivity contribution in [3.63, 3.8) is 0 Å². The number of para-hydroxylation sites is 3. The van der Waals surface area contributed by atoms with Crippen molar-refractivity contribution in [2.24, 2.45) is 0 Å². The van der Waals surface area contributed by atoms with E-state index in [2.05, 4.69) is 0 Å². The molecule has 0 unspecified atom stereocenters. The van der Waals surface area contributed by atoms with Gasteiger partial charge in [0.25, 0.3) is 10.1 Å². The zero-order chi connectivity index (χ0) is 24.3. The monoisotopic (exact) mass is 501 g/mol. The van der Waals surface area contributed by atoms with E-state index in [1.54, 1.807) is 47.4 Å². The summed E-state index contributed by atoms with van der Waals surface area (Å²) in [4.78, 5) is 17.9. The van der Waals surface area contributed by atoms with Crippen LogP contribution in [0.4, 0.5) is 16.2 Å². The number of β-amino-alcohol motifs (C(OH)–C–C–N with tert-alkyl or cyclic N) is 1. The van der Waals surface area contributed by atoms with E-state index in [-0.39, 0.29) is 42.9 Å². The predicted octanol–water partition coefficient (Wildman–Crippen LogP) is 3.15. The molecule has 2 N–H and O–H groups in total. The Morgan fingerprint density at radius 3 is 2.38 bits per heavy atom. The van der Waals surface area contributed by atoms with Crippen LogP contribution < -0.4 is 14.5 Å². The van der Waals surface area contributed by atoms with Crippen LogP contribution in [0.1, 0.15) is 6.42 Å². The topological polar surface area (TPSA) is 111 Å². The Morgan fingerprint density at radius 1 is 0.971 bits per heavy atom. The number of hydrogen-bond donors (Lipinski definition) is 2. The van der Waals surface area contributed by atoms with Gasteiger partial charge in [0.2, 0.25) is 5.88 Å². The number of rotatable bonds is 8. The number of fused-ring (bicyclic) bond motifs is 1. The molecule has 4 rings (SSSR count). The summed E-state index contributed by atoms with van der Waals surface area (Å²) >= 11 is 5.60. The number of amides is 2. The second-order valence-corrected chi connectivity index (χ2v) is 9.51. The Labute approximate surface area is 202 Å². The molecule has 0 spiro atoms. The molecule has 0 radical (unpaired) electrons. The fourth-order valence-electron chi connectivity index (χ4n) is 3.79. The number of anilines is 2. The maximum absolute atomic E-state index is 13.1. The molecular formula is C23H23N3O6S2. The number of allylic oxidation sites excluding steroid dienone is 2. The summed E-state index contributed by atoms with van der Waals surface area (Å²) in [5.41, 5.74) is 1.81. The molecule has 178 valence electrons. The van der Waals surface area contributed by atoms with Gasteiger partial charge in [-0.05, 0) is 36.8 Å². The van der Waals surface area contributed by atoms with Gasteiger partial charge in [0.1, 0.15) is 4.99 Å². The van der Waals surface area contributed by atoms with E-state index in [1.165, 1.54) is 9.80 Å². The number of thiocarbonyl (C=S) groups is 1. The molecule has 11 heteroatoms. The van der Waals surface area contributed by atoms with Gasteiger partial charge in [0.15, 0.2) is 5.75 Å². The molecular weight excluding hydrogens is 478 g/mol. The first kappa shape index (κ1) is 23.9. The van der Waals surface area contributed by atoms with Gasteiger partial charge in [-0.15, -0.1) is 0 Å². The van der Waals surface area contributed by atoms with Crippen LogP contribution in [-0.2, 0) is 10.1 Å². The van der Waals surface area contributed by atoms with Crippen LogP contribution in [0.25, 0.3) is 0 Å². The van der Waals surface area contributed by atoms with Crippen molar-refractivity contribution in [3.05, 3.63) is 78.3 Å². The van der Waals surface area contributed by atoms with E-state index >= 15 is 0 Å². The van der Waals surface area contributed by atoms with E-state index in [9.17, 15) is 18.3 Å². The fourth-order valence-corrected chi connectivity index (χ4v) is 4.64. The quantitative estimate of drug-likeness (QED) is 0.323. The average molecular weight is 502 g/mol. The smallest absolute Gasteiger partial charge is 0.334 e. The Hall–Kier alpha value is -3.25. The van der Waals surface area contributed by atoms with Crippen molar-refractivity contribution in [2.45, 2.75) is 6.42 Å². The van der Waals surface area contributed by atoms with Crippen molar-refractivity contribution in [2.75, 3.05) is 35.2 Å².